The summed E-state index contributed by atoms with van der Waals surface area (Å²) in [6.45, 7) is 1.67. The second kappa shape index (κ2) is 8.76. The van der Waals surface area contributed by atoms with Gasteiger partial charge in [0, 0.05) is 31.0 Å². The van der Waals surface area contributed by atoms with Gasteiger partial charge in [0.25, 0.3) is 0 Å². The van der Waals surface area contributed by atoms with Crippen molar-refractivity contribution >= 4 is 5.91 Å². The van der Waals surface area contributed by atoms with Crippen LogP contribution in [-0.4, -0.2) is 47.1 Å². The van der Waals surface area contributed by atoms with Gasteiger partial charge in [0.15, 0.2) is 0 Å². The van der Waals surface area contributed by atoms with Crippen LogP contribution in [0.2, 0.25) is 0 Å². The van der Waals surface area contributed by atoms with Crippen LogP contribution in [0.4, 0.5) is 0 Å². The number of benzene rings is 1. The van der Waals surface area contributed by atoms with Gasteiger partial charge in [-0.1, -0.05) is 41.9 Å². The second-order valence-corrected chi connectivity index (χ2v) is 6.65. The van der Waals surface area contributed by atoms with Crippen molar-refractivity contribution in [3.8, 4) is 11.4 Å². The zero-order chi connectivity index (χ0) is 17.5. The normalized spacial score (nSPS) is 18.2. The van der Waals surface area contributed by atoms with Crippen molar-refractivity contribution in [2.45, 2.75) is 44.6 Å². The van der Waals surface area contributed by atoms with Gasteiger partial charge in [-0.2, -0.15) is 4.98 Å². The van der Waals surface area contributed by atoms with Gasteiger partial charge in [-0.25, -0.2) is 0 Å². The Morgan fingerprint density at radius 2 is 2.16 bits per heavy atom. The summed E-state index contributed by atoms with van der Waals surface area (Å²) in [5, 5.41) is 6.94. The third-order valence-electron chi connectivity index (χ3n) is 4.79. The second-order valence-electron chi connectivity index (χ2n) is 6.65. The molecule has 1 aliphatic rings. The van der Waals surface area contributed by atoms with Crippen molar-refractivity contribution in [3.05, 3.63) is 36.2 Å². The number of hydrogen-bond donors (Lipinski definition) is 1. The predicted molar refractivity (Wildman–Crippen MR) is 96.0 cm³/mol. The number of aromatic nitrogens is 2. The maximum Gasteiger partial charge on any atom is 0.228 e. The van der Waals surface area contributed by atoms with E-state index in [2.05, 4.69) is 27.4 Å². The first-order chi connectivity index (χ1) is 12.2. The third-order valence-corrected chi connectivity index (χ3v) is 4.79. The van der Waals surface area contributed by atoms with Crippen LogP contribution in [0.5, 0.6) is 0 Å². The van der Waals surface area contributed by atoms with Crippen molar-refractivity contribution < 1.29 is 9.32 Å². The quantitative estimate of drug-likeness (QED) is 0.837. The predicted octanol–water partition coefficient (Wildman–Crippen LogP) is 2.66. The van der Waals surface area contributed by atoms with Crippen LogP contribution >= 0.6 is 0 Å². The number of nitrogens with one attached hydrogen (secondary N) is 1. The molecule has 2 heterocycles. The number of rotatable bonds is 7. The van der Waals surface area contributed by atoms with Gasteiger partial charge in [-0.3, -0.25) is 4.79 Å². The SMILES string of the molecule is CN1CCCC[C@@H]1CCC(=O)NCCc1nc(-c2ccccc2)no1. The molecule has 1 saturated heterocycles. The molecule has 1 aromatic heterocycles. The molecule has 6 heteroatoms. The first-order valence-electron chi connectivity index (χ1n) is 9.07. The summed E-state index contributed by atoms with van der Waals surface area (Å²) < 4.78 is 5.25. The molecule has 1 atom stereocenters. The molecule has 25 heavy (non-hydrogen) atoms. The highest BCUT2D eigenvalue weighted by Gasteiger charge is 2.19. The fourth-order valence-electron chi connectivity index (χ4n) is 3.26. The molecule has 0 spiro atoms. The lowest BCUT2D eigenvalue weighted by Gasteiger charge is -2.32. The van der Waals surface area contributed by atoms with E-state index in [0.717, 1.165) is 18.5 Å². The molecule has 0 radical (unpaired) electrons. The average Bonchev–Trinajstić information content (AvgIpc) is 3.11. The summed E-state index contributed by atoms with van der Waals surface area (Å²) in [5.74, 6) is 1.23. The minimum atomic E-state index is 0.0989. The molecular weight excluding hydrogens is 316 g/mol. The van der Waals surface area contributed by atoms with Gasteiger partial charge >= 0.3 is 0 Å². The first-order valence-corrected chi connectivity index (χ1v) is 9.07. The summed E-state index contributed by atoms with van der Waals surface area (Å²) >= 11 is 0. The molecule has 1 amide bonds. The van der Waals surface area contributed by atoms with E-state index in [4.69, 9.17) is 4.52 Å². The molecule has 0 aliphatic carbocycles. The van der Waals surface area contributed by atoms with Gasteiger partial charge in [0.2, 0.25) is 17.6 Å². The van der Waals surface area contributed by atoms with Crippen LogP contribution in [0.1, 0.15) is 38.0 Å². The van der Waals surface area contributed by atoms with Crippen LogP contribution < -0.4 is 5.32 Å². The van der Waals surface area contributed by atoms with Crippen LogP contribution in [0.3, 0.4) is 0 Å². The Morgan fingerprint density at radius 3 is 2.96 bits per heavy atom. The van der Waals surface area contributed by atoms with E-state index in [9.17, 15) is 4.79 Å². The van der Waals surface area contributed by atoms with Crippen molar-refractivity contribution in [1.82, 2.24) is 20.4 Å². The fraction of sp³-hybridized carbons (Fsp3) is 0.526. The molecular formula is C19H26N4O2. The number of amides is 1. The lowest BCUT2D eigenvalue weighted by Crippen LogP contribution is -2.37. The smallest absolute Gasteiger partial charge is 0.228 e. The Kier molecular flexibility index (Phi) is 6.17. The zero-order valence-electron chi connectivity index (χ0n) is 14.8. The molecule has 1 fully saturated rings. The van der Waals surface area contributed by atoms with Gasteiger partial charge in [0.05, 0.1) is 0 Å². The maximum atomic E-state index is 12.0. The van der Waals surface area contributed by atoms with Crippen molar-refractivity contribution in [2.75, 3.05) is 20.1 Å². The molecule has 0 bridgehead atoms. The van der Waals surface area contributed by atoms with Crippen LogP contribution in [0, 0.1) is 0 Å². The van der Waals surface area contributed by atoms with Crippen molar-refractivity contribution in [3.63, 3.8) is 0 Å². The minimum Gasteiger partial charge on any atom is -0.356 e. The van der Waals surface area contributed by atoms with Crippen LogP contribution in [-0.2, 0) is 11.2 Å². The number of carbonyl (C=O) groups is 1. The monoisotopic (exact) mass is 342 g/mol. The highest BCUT2D eigenvalue weighted by atomic mass is 16.5. The molecule has 1 aromatic carbocycles. The van der Waals surface area contributed by atoms with E-state index in [-0.39, 0.29) is 5.91 Å². The molecule has 0 saturated carbocycles. The molecule has 134 valence electrons. The standard InChI is InChI=1S/C19H26N4O2/c1-23-14-6-5-9-16(23)10-11-17(24)20-13-12-18-21-19(22-25-18)15-7-3-2-4-8-15/h2-4,7-8,16H,5-6,9-14H2,1H3,(H,20,24)/t16-/m1/s1. The van der Waals surface area contributed by atoms with E-state index in [0.29, 0.717) is 37.1 Å². The number of piperidine rings is 1. The van der Waals surface area contributed by atoms with E-state index >= 15 is 0 Å². The zero-order valence-corrected chi connectivity index (χ0v) is 14.8. The Morgan fingerprint density at radius 1 is 1.32 bits per heavy atom. The Balaban J connectivity index is 1.38. The van der Waals surface area contributed by atoms with Gasteiger partial charge in [-0.05, 0) is 32.9 Å². The number of nitrogens with zero attached hydrogens (tertiary/aromatic N) is 3. The molecule has 2 aromatic rings. The van der Waals surface area contributed by atoms with Crippen molar-refractivity contribution in [2.24, 2.45) is 0 Å². The third kappa shape index (κ3) is 5.13. The minimum absolute atomic E-state index is 0.0989. The van der Waals surface area contributed by atoms with E-state index in [1.165, 1.54) is 19.3 Å². The first kappa shape index (κ1) is 17.6. The summed E-state index contributed by atoms with van der Waals surface area (Å²) in [5.41, 5.74) is 0.929. The largest absolute Gasteiger partial charge is 0.356 e. The van der Waals surface area contributed by atoms with E-state index in [1.54, 1.807) is 0 Å². The molecule has 3 rings (SSSR count). The molecule has 1 N–H and O–H groups in total. The molecule has 1 aliphatic heterocycles. The van der Waals surface area contributed by atoms with E-state index in [1.807, 2.05) is 30.3 Å². The summed E-state index contributed by atoms with van der Waals surface area (Å²) in [7, 11) is 2.15. The highest BCUT2D eigenvalue weighted by molar-refractivity contribution is 5.75. The maximum absolute atomic E-state index is 12.0. The summed E-state index contributed by atoms with van der Waals surface area (Å²) in [6.07, 6.45) is 5.81. The van der Waals surface area contributed by atoms with Gasteiger partial charge in [0.1, 0.15) is 0 Å². The number of likely N-dealkylation sites (tertiary alicyclic amines) is 1. The highest BCUT2D eigenvalue weighted by Crippen LogP contribution is 2.19. The number of hydrogen-bond acceptors (Lipinski definition) is 5. The Labute approximate surface area is 148 Å². The van der Waals surface area contributed by atoms with Gasteiger partial charge in [-0.15, -0.1) is 0 Å². The van der Waals surface area contributed by atoms with Gasteiger partial charge < -0.3 is 14.7 Å². The lowest BCUT2D eigenvalue weighted by atomic mass is 9.98. The molecule has 0 unspecified atom stereocenters. The molecule has 6 nitrogen and oxygen atoms in total. The fourth-order valence-corrected chi connectivity index (χ4v) is 3.26. The summed E-state index contributed by atoms with van der Waals surface area (Å²) in [6, 6.07) is 10.3. The summed E-state index contributed by atoms with van der Waals surface area (Å²) in [4.78, 5) is 18.8. The average molecular weight is 342 g/mol. The van der Waals surface area contributed by atoms with Crippen molar-refractivity contribution in [1.29, 1.82) is 0 Å². The van der Waals surface area contributed by atoms with E-state index < -0.39 is 0 Å². The number of carbonyl (C=O) groups excluding carboxylic acids is 1. The Hall–Kier alpha value is -2.21. The topological polar surface area (TPSA) is 71.3 Å². The van der Waals surface area contributed by atoms with Crippen LogP contribution in [0.25, 0.3) is 11.4 Å². The Bertz CT molecular complexity index is 671. The van der Waals surface area contributed by atoms with Crippen LogP contribution in [0.15, 0.2) is 34.9 Å². The lowest BCUT2D eigenvalue weighted by molar-refractivity contribution is -0.121.